The van der Waals surface area contributed by atoms with Gasteiger partial charge in [-0.3, -0.25) is 4.90 Å². The molecule has 1 atom stereocenters. The van der Waals surface area contributed by atoms with E-state index in [0.717, 1.165) is 0 Å². The normalized spacial score (nSPS) is 20.6. The summed E-state index contributed by atoms with van der Waals surface area (Å²) in [5.41, 5.74) is 1.44. The molecule has 1 heterocycles. The van der Waals surface area contributed by atoms with Gasteiger partial charge in [-0.15, -0.1) is 0 Å². The zero-order chi connectivity index (χ0) is 9.80. The quantitative estimate of drug-likeness (QED) is 0.733. The summed E-state index contributed by atoms with van der Waals surface area (Å²) < 4.78 is 0. The van der Waals surface area contributed by atoms with Crippen LogP contribution in [0.25, 0.3) is 0 Å². The van der Waals surface area contributed by atoms with Gasteiger partial charge in [0.15, 0.2) is 0 Å². The number of thioether (sulfide) groups is 1. The van der Waals surface area contributed by atoms with E-state index in [-0.39, 0.29) is 0 Å². The van der Waals surface area contributed by atoms with E-state index in [9.17, 15) is 0 Å². The molecule has 1 aromatic carbocycles. The summed E-state index contributed by atoms with van der Waals surface area (Å²) in [6, 6.07) is 11.4. The minimum atomic E-state index is 0.581. The summed E-state index contributed by atoms with van der Waals surface area (Å²) >= 11 is 2.07. The maximum absolute atomic E-state index is 2.58. The Bertz CT molecular complexity index is 267. The molecule has 14 heavy (non-hydrogen) atoms. The van der Waals surface area contributed by atoms with Crippen LogP contribution in [-0.2, 0) is 0 Å². The van der Waals surface area contributed by atoms with Crippen molar-refractivity contribution >= 4 is 11.8 Å². The second-order valence-corrected chi connectivity index (χ2v) is 4.96. The third-order valence-corrected chi connectivity index (χ3v) is 3.82. The van der Waals surface area contributed by atoms with Crippen LogP contribution in [-0.4, -0.2) is 29.5 Å². The number of hydrogen-bond acceptors (Lipinski definition) is 2. The first-order chi connectivity index (χ1) is 6.88. The minimum absolute atomic E-state index is 0.581. The summed E-state index contributed by atoms with van der Waals surface area (Å²) in [5.74, 6) is 2.58. The molecule has 1 aromatic rings. The Morgan fingerprint density at radius 3 is 2.43 bits per heavy atom. The highest BCUT2D eigenvalue weighted by Crippen LogP contribution is 2.22. The largest absolute Gasteiger partial charge is 0.295 e. The van der Waals surface area contributed by atoms with Crippen molar-refractivity contribution in [2.24, 2.45) is 0 Å². The van der Waals surface area contributed by atoms with Gasteiger partial charge in [0.05, 0.1) is 0 Å². The van der Waals surface area contributed by atoms with Gasteiger partial charge in [-0.1, -0.05) is 30.3 Å². The van der Waals surface area contributed by atoms with E-state index in [1.165, 1.54) is 30.2 Å². The standard InChI is InChI=1S/C12H17NS/c1-11(12-5-3-2-4-6-12)13-7-9-14-10-8-13/h2-6,11H,7-10H2,1H3. The third-order valence-electron chi connectivity index (χ3n) is 2.88. The van der Waals surface area contributed by atoms with E-state index in [1.807, 2.05) is 0 Å². The molecule has 1 unspecified atom stereocenters. The van der Waals surface area contributed by atoms with Gasteiger partial charge in [0.2, 0.25) is 0 Å². The molecule has 76 valence electrons. The van der Waals surface area contributed by atoms with Crippen molar-refractivity contribution in [1.29, 1.82) is 0 Å². The van der Waals surface area contributed by atoms with Crippen LogP contribution in [0.4, 0.5) is 0 Å². The molecule has 0 radical (unpaired) electrons. The lowest BCUT2D eigenvalue weighted by atomic mass is 10.1. The summed E-state index contributed by atoms with van der Waals surface area (Å²) in [6.45, 7) is 4.78. The van der Waals surface area contributed by atoms with E-state index >= 15 is 0 Å². The second-order valence-electron chi connectivity index (χ2n) is 3.73. The molecule has 0 aliphatic carbocycles. The second kappa shape index (κ2) is 4.85. The van der Waals surface area contributed by atoms with Crippen LogP contribution in [0.5, 0.6) is 0 Å². The molecule has 0 saturated carbocycles. The van der Waals surface area contributed by atoms with Crippen molar-refractivity contribution in [2.75, 3.05) is 24.6 Å². The average molecular weight is 207 g/mol. The van der Waals surface area contributed by atoms with Crippen molar-refractivity contribution in [3.63, 3.8) is 0 Å². The highest BCUT2D eigenvalue weighted by molar-refractivity contribution is 7.99. The Kier molecular flexibility index (Phi) is 3.49. The summed E-state index contributed by atoms with van der Waals surface area (Å²) in [5, 5.41) is 0. The van der Waals surface area contributed by atoms with Crippen LogP contribution in [0, 0.1) is 0 Å². The zero-order valence-electron chi connectivity index (χ0n) is 8.65. The number of nitrogens with zero attached hydrogens (tertiary/aromatic N) is 1. The number of rotatable bonds is 2. The van der Waals surface area contributed by atoms with Crippen LogP contribution in [0.3, 0.4) is 0 Å². The number of benzene rings is 1. The van der Waals surface area contributed by atoms with E-state index in [0.29, 0.717) is 6.04 Å². The predicted octanol–water partition coefficient (Wildman–Crippen LogP) is 2.80. The minimum Gasteiger partial charge on any atom is -0.295 e. The van der Waals surface area contributed by atoms with Crippen molar-refractivity contribution in [3.8, 4) is 0 Å². The van der Waals surface area contributed by atoms with Gasteiger partial charge < -0.3 is 0 Å². The Balaban J connectivity index is 2.03. The van der Waals surface area contributed by atoms with Gasteiger partial charge >= 0.3 is 0 Å². The predicted molar refractivity (Wildman–Crippen MR) is 63.8 cm³/mol. The molecule has 1 aliphatic rings. The van der Waals surface area contributed by atoms with Gasteiger partial charge in [0.25, 0.3) is 0 Å². The molecule has 2 rings (SSSR count). The first-order valence-electron chi connectivity index (χ1n) is 5.24. The molecular formula is C12H17NS. The van der Waals surface area contributed by atoms with Crippen molar-refractivity contribution in [2.45, 2.75) is 13.0 Å². The fourth-order valence-corrected chi connectivity index (χ4v) is 2.84. The van der Waals surface area contributed by atoms with Gasteiger partial charge in [0, 0.05) is 30.6 Å². The Morgan fingerprint density at radius 2 is 1.79 bits per heavy atom. The Hall–Kier alpha value is -0.470. The van der Waals surface area contributed by atoms with Crippen molar-refractivity contribution in [3.05, 3.63) is 35.9 Å². The smallest absolute Gasteiger partial charge is 0.0320 e. The van der Waals surface area contributed by atoms with E-state index < -0.39 is 0 Å². The van der Waals surface area contributed by atoms with Crippen LogP contribution in [0.2, 0.25) is 0 Å². The molecule has 1 fully saturated rings. The molecule has 0 amide bonds. The molecule has 0 bridgehead atoms. The SMILES string of the molecule is CC(c1ccccc1)N1CCSCC1. The summed E-state index contributed by atoms with van der Waals surface area (Å²) in [7, 11) is 0. The van der Waals surface area contributed by atoms with Gasteiger partial charge in [-0.2, -0.15) is 11.8 Å². The van der Waals surface area contributed by atoms with Crippen molar-refractivity contribution in [1.82, 2.24) is 4.90 Å². The van der Waals surface area contributed by atoms with Gasteiger partial charge in [0.1, 0.15) is 0 Å². The molecule has 1 aliphatic heterocycles. The monoisotopic (exact) mass is 207 g/mol. The molecule has 1 nitrogen and oxygen atoms in total. The van der Waals surface area contributed by atoms with E-state index in [4.69, 9.17) is 0 Å². The first-order valence-corrected chi connectivity index (χ1v) is 6.40. The highest BCUT2D eigenvalue weighted by atomic mass is 32.2. The molecular weight excluding hydrogens is 190 g/mol. The molecule has 1 saturated heterocycles. The van der Waals surface area contributed by atoms with Gasteiger partial charge in [-0.05, 0) is 12.5 Å². The van der Waals surface area contributed by atoms with Crippen LogP contribution in [0.15, 0.2) is 30.3 Å². The molecule has 0 N–H and O–H groups in total. The number of hydrogen-bond donors (Lipinski definition) is 0. The average Bonchev–Trinajstić information content (AvgIpc) is 2.30. The molecule has 0 spiro atoms. The Labute approximate surface area is 90.5 Å². The highest BCUT2D eigenvalue weighted by Gasteiger charge is 2.17. The fraction of sp³-hybridized carbons (Fsp3) is 0.500. The van der Waals surface area contributed by atoms with Crippen LogP contribution >= 0.6 is 11.8 Å². The molecule has 2 heteroatoms. The fourth-order valence-electron chi connectivity index (χ4n) is 1.91. The van der Waals surface area contributed by atoms with Crippen LogP contribution in [0.1, 0.15) is 18.5 Å². The summed E-state index contributed by atoms with van der Waals surface area (Å²) in [6.07, 6.45) is 0. The maximum atomic E-state index is 2.58. The third kappa shape index (κ3) is 2.31. The first kappa shape index (κ1) is 10.1. The Morgan fingerprint density at radius 1 is 1.14 bits per heavy atom. The molecule has 0 aromatic heterocycles. The van der Waals surface area contributed by atoms with E-state index in [2.05, 4.69) is 53.9 Å². The maximum Gasteiger partial charge on any atom is 0.0320 e. The lowest BCUT2D eigenvalue weighted by Gasteiger charge is -2.32. The topological polar surface area (TPSA) is 3.24 Å². The van der Waals surface area contributed by atoms with Crippen molar-refractivity contribution < 1.29 is 0 Å². The van der Waals surface area contributed by atoms with E-state index in [1.54, 1.807) is 0 Å². The zero-order valence-corrected chi connectivity index (χ0v) is 9.46. The summed E-state index contributed by atoms with van der Waals surface area (Å²) in [4.78, 5) is 2.58. The van der Waals surface area contributed by atoms with Crippen LogP contribution < -0.4 is 0 Å². The lowest BCUT2D eigenvalue weighted by molar-refractivity contribution is 0.233. The lowest BCUT2D eigenvalue weighted by Crippen LogP contribution is -2.34. The van der Waals surface area contributed by atoms with Gasteiger partial charge in [-0.25, -0.2) is 0 Å².